The molecule has 1 spiro atoms. The summed E-state index contributed by atoms with van der Waals surface area (Å²) in [7, 11) is 1.64. The minimum atomic E-state index is -0.105. The number of hydrogen-bond acceptors (Lipinski definition) is 2. The molecule has 1 heterocycles. The van der Waals surface area contributed by atoms with E-state index in [1.165, 1.54) is 24.8 Å². The molecule has 1 saturated heterocycles. The van der Waals surface area contributed by atoms with Gasteiger partial charge in [-0.05, 0) is 86.1 Å². The van der Waals surface area contributed by atoms with E-state index in [0.29, 0.717) is 11.5 Å². The summed E-state index contributed by atoms with van der Waals surface area (Å²) in [5.41, 5.74) is 3.07. The number of nitrogens with zero attached hydrogens (tertiary/aromatic N) is 2. The van der Waals surface area contributed by atoms with E-state index in [-0.39, 0.29) is 22.9 Å². The number of carbonyl (C=O) groups is 2. The number of benzene rings is 2. The van der Waals surface area contributed by atoms with Crippen molar-refractivity contribution in [2.45, 2.75) is 69.2 Å². The number of anilines is 1. The highest BCUT2D eigenvalue weighted by Gasteiger charge is 2.54. The molecule has 0 bridgehead atoms. The van der Waals surface area contributed by atoms with E-state index >= 15 is 0 Å². The molecule has 1 N–H and O–H groups in total. The molecule has 2 aliphatic carbocycles. The van der Waals surface area contributed by atoms with Gasteiger partial charge in [0.2, 0.25) is 0 Å². The molecule has 0 unspecified atom stereocenters. The largest absolute Gasteiger partial charge is 0.355 e. The van der Waals surface area contributed by atoms with E-state index in [4.69, 9.17) is 0 Å². The fraction of sp³-hybridized carbons (Fsp3) is 0.517. The maximum absolute atomic E-state index is 13.8. The standard InChI is InChI=1S/C29H37N3O2/c1-3-28(24-10-5-4-6-11-24)16-18-29(19-17-28)21-31(27(34)32(29)20-22-8-7-9-22)25-14-12-23(13-15-25)26(33)30-2/h4-6,10-15,22H,3,7-9,16-21H2,1-2H3,(H,30,33). The van der Waals surface area contributed by atoms with Crippen molar-refractivity contribution in [1.82, 2.24) is 10.2 Å². The third-order valence-electron chi connectivity index (χ3n) is 9.02. The predicted molar refractivity (Wildman–Crippen MR) is 136 cm³/mol. The molecule has 3 fully saturated rings. The van der Waals surface area contributed by atoms with Crippen LogP contribution in [0.1, 0.15) is 74.2 Å². The first-order chi connectivity index (χ1) is 16.5. The molecule has 0 radical (unpaired) electrons. The number of amides is 3. The summed E-state index contributed by atoms with van der Waals surface area (Å²) in [5.74, 6) is 0.537. The van der Waals surface area contributed by atoms with Crippen LogP contribution < -0.4 is 10.2 Å². The molecule has 180 valence electrons. The summed E-state index contributed by atoms with van der Waals surface area (Å²) in [6.07, 6.45) is 9.22. The molecule has 3 aliphatic rings. The second-order valence-electron chi connectivity index (χ2n) is 10.6. The Bertz CT molecular complexity index is 1020. The molecule has 5 rings (SSSR count). The monoisotopic (exact) mass is 459 g/mol. The van der Waals surface area contributed by atoms with Crippen LogP contribution in [0.3, 0.4) is 0 Å². The lowest BCUT2D eigenvalue weighted by Gasteiger charge is -2.49. The summed E-state index contributed by atoms with van der Waals surface area (Å²) in [6, 6.07) is 18.6. The second kappa shape index (κ2) is 9.09. The van der Waals surface area contributed by atoms with Crippen LogP contribution in [-0.4, -0.2) is 42.5 Å². The topological polar surface area (TPSA) is 52.7 Å². The van der Waals surface area contributed by atoms with Gasteiger partial charge in [0.25, 0.3) is 5.91 Å². The van der Waals surface area contributed by atoms with Gasteiger partial charge in [0, 0.05) is 24.8 Å². The molecule has 2 aromatic carbocycles. The molecule has 0 atom stereocenters. The van der Waals surface area contributed by atoms with Crippen LogP contribution in [0.2, 0.25) is 0 Å². The van der Waals surface area contributed by atoms with E-state index in [1.807, 2.05) is 29.2 Å². The highest BCUT2D eigenvalue weighted by molar-refractivity contribution is 5.97. The fourth-order valence-corrected chi connectivity index (χ4v) is 6.40. The SMILES string of the molecule is CCC1(c2ccccc2)CCC2(CC1)CN(c1ccc(C(=O)NC)cc1)C(=O)N2CC1CCC1. The van der Waals surface area contributed by atoms with Crippen molar-refractivity contribution < 1.29 is 9.59 Å². The quantitative estimate of drug-likeness (QED) is 0.598. The Morgan fingerprint density at radius 3 is 2.24 bits per heavy atom. The van der Waals surface area contributed by atoms with Crippen molar-refractivity contribution in [2.75, 3.05) is 25.0 Å². The highest BCUT2D eigenvalue weighted by atomic mass is 16.2. The van der Waals surface area contributed by atoms with E-state index in [2.05, 4.69) is 47.5 Å². The van der Waals surface area contributed by atoms with Gasteiger partial charge in [-0.1, -0.05) is 43.7 Å². The van der Waals surface area contributed by atoms with E-state index in [0.717, 1.165) is 50.9 Å². The number of rotatable bonds is 6. The number of nitrogens with one attached hydrogen (secondary N) is 1. The van der Waals surface area contributed by atoms with Crippen molar-refractivity contribution in [3.63, 3.8) is 0 Å². The van der Waals surface area contributed by atoms with Gasteiger partial charge in [0.05, 0.1) is 12.1 Å². The summed E-state index contributed by atoms with van der Waals surface area (Å²) in [5, 5.41) is 2.67. The number of hydrogen-bond donors (Lipinski definition) is 1. The lowest BCUT2D eigenvalue weighted by molar-refractivity contribution is 0.0648. The van der Waals surface area contributed by atoms with Gasteiger partial charge in [0.15, 0.2) is 0 Å². The third kappa shape index (κ3) is 3.89. The molecule has 3 amide bonds. The van der Waals surface area contributed by atoms with Gasteiger partial charge in [-0.3, -0.25) is 9.69 Å². The maximum atomic E-state index is 13.8. The van der Waals surface area contributed by atoms with Crippen LogP contribution in [0.25, 0.3) is 0 Å². The molecule has 34 heavy (non-hydrogen) atoms. The highest BCUT2D eigenvalue weighted by Crippen LogP contribution is 2.50. The molecule has 1 aliphatic heterocycles. The molecule has 2 aromatic rings. The van der Waals surface area contributed by atoms with Gasteiger partial charge in [0.1, 0.15) is 0 Å². The lowest BCUT2D eigenvalue weighted by atomic mass is 9.62. The van der Waals surface area contributed by atoms with Gasteiger partial charge in [-0.25, -0.2) is 4.79 Å². The van der Waals surface area contributed by atoms with Crippen LogP contribution in [0.15, 0.2) is 54.6 Å². The Balaban J connectivity index is 1.41. The second-order valence-corrected chi connectivity index (χ2v) is 10.6. The van der Waals surface area contributed by atoms with Gasteiger partial charge in [-0.2, -0.15) is 0 Å². The Morgan fingerprint density at radius 2 is 1.68 bits per heavy atom. The minimum absolute atomic E-state index is 0.0976. The average molecular weight is 460 g/mol. The maximum Gasteiger partial charge on any atom is 0.325 e. The summed E-state index contributed by atoms with van der Waals surface area (Å²) in [6.45, 7) is 3.94. The zero-order valence-corrected chi connectivity index (χ0v) is 20.6. The fourth-order valence-electron chi connectivity index (χ4n) is 6.40. The van der Waals surface area contributed by atoms with Gasteiger partial charge >= 0.3 is 6.03 Å². The van der Waals surface area contributed by atoms with Crippen LogP contribution in [0.5, 0.6) is 0 Å². The first kappa shape index (κ1) is 22.9. The molecular weight excluding hydrogens is 422 g/mol. The average Bonchev–Trinajstić information content (AvgIpc) is 3.13. The van der Waals surface area contributed by atoms with Crippen molar-refractivity contribution in [3.05, 3.63) is 65.7 Å². The first-order valence-corrected chi connectivity index (χ1v) is 13.0. The van der Waals surface area contributed by atoms with Gasteiger partial charge < -0.3 is 10.2 Å². The summed E-state index contributed by atoms with van der Waals surface area (Å²) >= 11 is 0. The predicted octanol–water partition coefficient (Wildman–Crippen LogP) is 5.75. The summed E-state index contributed by atoms with van der Waals surface area (Å²) < 4.78 is 0. The Kier molecular flexibility index (Phi) is 6.13. The number of urea groups is 1. The summed E-state index contributed by atoms with van der Waals surface area (Å²) in [4.78, 5) is 30.0. The zero-order chi connectivity index (χ0) is 23.8. The van der Waals surface area contributed by atoms with Crippen molar-refractivity contribution in [1.29, 1.82) is 0 Å². The molecule has 0 aromatic heterocycles. The van der Waals surface area contributed by atoms with Crippen LogP contribution in [0, 0.1) is 5.92 Å². The molecular formula is C29H37N3O2. The molecule has 2 saturated carbocycles. The Hall–Kier alpha value is -2.82. The first-order valence-electron chi connectivity index (χ1n) is 13.0. The third-order valence-corrected chi connectivity index (χ3v) is 9.02. The Labute approximate surface area is 203 Å². The van der Waals surface area contributed by atoms with Gasteiger partial charge in [-0.15, -0.1) is 0 Å². The van der Waals surface area contributed by atoms with Crippen molar-refractivity contribution in [3.8, 4) is 0 Å². The van der Waals surface area contributed by atoms with Crippen LogP contribution >= 0.6 is 0 Å². The Morgan fingerprint density at radius 1 is 1.00 bits per heavy atom. The molecule has 5 nitrogen and oxygen atoms in total. The zero-order valence-electron chi connectivity index (χ0n) is 20.6. The van der Waals surface area contributed by atoms with E-state index in [1.54, 1.807) is 7.05 Å². The van der Waals surface area contributed by atoms with E-state index in [9.17, 15) is 9.59 Å². The van der Waals surface area contributed by atoms with Crippen LogP contribution in [-0.2, 0) is 5.41 Å². The normalized spacial score (nSPS) is 27.2. The van der Waals surface area contributed by atoms with Crippen LogP contribution in [0.4, 0.5) is 10.5 Å². The lowest BCUT2D eigenvalue weighted by Crippen LogP contribution is -2.53. The van der Waals surface area contributed by atoms with E-state index < -0.39 is 0 Å². The molecule has 5 heteroatoms. The van der Waals surface area contributed by atoms with Crippen molar-refractivity contribution >= 4 is 17.6 Å². The number of carbonyl (C=O) groups excluding carboxylic acids is 2. The van der Waals surface area contributed by atoms with Crippen molar-refractivity contribution in [2.24, 2.45) is 5.92 Å². The minimum Gasteiger partial charge on any atom is -0.355 e. The smallest absolute Gasteiger partial charge is 0.325 e.